The molecular formula is C14H34. The molecule has 1 unspecified atom stereocenters. The Morgan fingerprint density at radius 3 is 1.64 bits per heavy atom. The number of hydrogen-bond donors (Lipinski definition) is 0. The van der Waals surface area contributed by atoms with Crippen LogP contribution in [0.2, 0.25) is 0 Å². The second-order valence-electron chi connectivity index (χ2n) is 3.43. The SMILES string of the molecule is C.CC.CC.CCC(C)C1CCCC1. The van der Waals surface area contributed by atoms with Crippen molar-refractivity contribution in [2.75, 3.05) is 0 Å². The Bertz CT molecular complexity index is 70.1. The third-order valence-electron chi connectivity index (χ3n) is 2.85. The summed E-state index contributed by atoms with van der Waals surface area (Å²) in [5.41, 5.74) is 0. The third-order valence-corrected chi connectivity index (χ3v) is 2.85. The molecule has 0 radical (unpaired) electrons. The predicted molar refractivity (Wildman–Crippen MR) is 70.8 cm³/mol. The van der Waals surface area contributed by atoms with Gasteiger partial charge in [0.1, 0.15) is 0 Å². The maximum absolute atomic E-state index is 2.40. The first-order chi connectivity index (χ1) is 6.34. The van der Waals surface area contributed by atoms with Crippen LogP contribution in [0.4, 0.5) is 0 Å². The minimum absolute atomic E-state index is 0. The lowest BCUT2D eigenvalue weighted by Gasteiger charge is -2.15. The van der Waals surface area contributed by atoms with Crippen LogP contribution < -0.4 is 0 Å². The highest BCUT2D eigenvalue weighted by Crippen LogP contribution is 2.32. The van der Waals surface area contributed by atoms with Crippen molar-refractivity contribution in [1.29, 1.82) is 0 Å². The summed E-state index contributed by atoms with van der Waals surface area (Å²) in [6.07, 6.45) is 7.39. The zero-order valence-electron chi connectivity index (χ0n) is 10.7. The Labute approximate surface area is 93.5 Å². The van der Waals surface area contributed by atoms with Gasteiger partial charge >= 0.3 is 0 Å². The summed E-state index contributed by atoms with van der Waals surface area (Å²) in [6, 6.07) is 0. The van der Waals surface area contributed by atoms with Crippen LogP contribution in [0.1, 0.15) is 81.1 Å². The molecule has 1 aliphatic rings. The van der Waals surface area contributed by atoms with Gasteiger partial charge < -0.3 is 0 Å². The van der Waals surface area contributed by atoms with Crippen LogP contribution in [-0.4, -0.2) is 0 Å². The van der Waals surface area contributed by atoms with E-state index < -0.39 is 0 Å². The fourth-order valence-electron chi connectivity index (χ4n) is 1.86. The molecule has 0 aromatic carbocycles. The largest absolute Gasteiger partial charge is 0.0776 e. The smallest absolute Gasteiger partial charge is 0.0389 e. The standard InChI is InChI=1S/C9H18.2C2H6.CH4/c1-3-8(2)9-6-4-5-7-9;2*1-2;/h8-9H,3-7H2,1-2H3;2*1-2H3;1H4. The molecule has 0 aliphatic heterocycles. The van der Waals surface area contributed by atoms with Gasteiger partial charge in [-0.1, -0.05) is 81.1 Å². The predicted octanol–water partition coefficient (Wildman–Crippen LogP) is 5.91. The molecule has 0 bridgehead atoms. The normalized spacial score (nSPS) is 16.7. The minimum Gasteiger partial charge on any atom is -0.0776 e. The Balaban J connectivity index is -0.000000216. The van der Waals surface area contributed by atoms with Crippen LogP contribution in [0.25, 0.3) is 0 Å². The zero-order chi connectivity index (χ0) is 10.7. The fraction of sp³-hybridized carbons (Fsp3) is 1.00. The first-order valence-corrected chi connectivity index (χ1v) is 6.34. The van der Waals surface area contributed by atoms with Crippen molar-refractivity contribution in [2.24, 2.45) is 11.8 Å². The van der Waals surface area contributed by atoms with Crippen LogP contribution >= 0.6 is 0 Å². The average Bonchev–Trinajstić information content (AvgIpc) is 2.76. The van der Waals surface area contributed by atoms with E-state index in [9.17, 15) is 0 Å². The lowest BCUT2D eigenvalue weighted by atomic mass is 9.91. The fourth-order valence-corrected chi connectivity index (χ4v) is 1.86. The highest BCUT2D eigenvalue weighted by Gasteiger charge is 2.19. The summed E-state index contributed by atoms with van der Waals surface area (Å²) in [5, 5.41) is 0. The van der Waals surface area contributed by atoms with Gasteiger partial charge in [0.2, 0.25) is 0 Å². The second kappa shape index (κ2) is 15.5. The molecule has 0 heteroatoms. The molecule has 0 heterocycles. The third kappa shape index (κ3) is 8.59. The van der Waals surface area contributed by atoms with E-state index in [1.807, 2.05) is 27.7 Å². The van der Waals surface area contributed by atoms with Crippen molar-refractivity contribution in [3.8, 4) is 0 Å². The molecule has 0 aromatic rings. The summed E-state index contributed by atoms with van der Waals surface area (Å²) < 4.78 is 0. The molecule has 1 atom stereocenters. The topological polar surface area (TPSA) is 0 Å². The van der Waals surface area contributed by atoms with Crippen LogP contribution in [0.3, 0.4) is 0 Å². The summed E-state index contributed by atoms with van der Waals surface area (Å²) in [4.78, 5) is 0. The molecule has 1 fully saturated rings. The van der Waals surface area contributed by atoms with Crippen LogP contribution in [-0.2, 0) is 0 Å². The molecule has 0 spiro atoms. The van der Waals surface area contributed by atoms with Gasteiger partial charge in [-0.25, -0.2) is 0 Å². The first kappa shape index (κ1) is 19.6. The molecule has 0 nitrogen and oxygen atoms in total. The van der Waals surface area contributed by atoms with Gasteiger partial charge in [0, 0.05) is 0 Å². The maximum Gasteiger partial charge on any atom is -0.0389 e. The lowest BCUT2D eigenvalue weighted by molar-refractivity contribution is 0.357. The molecule has 90 valence electrons. The van der Waals surface area contributed by atoms with Gasteiger partial charge in [-0.2, -0.15) is 0 Å². The minimum atomic E-state index is 0. The summed E-state index contributed by atoms with van der Waals surface area (Å²) >= 11 is 0. The van der Waals surface area contributed by atoms with E-state index in [0.29, 0.717) is 0 Å². The maximum atomic E-state index is 2.40. The second-order valence-corrected chi connectivity index (χ2v) is 3.43. The van der Waals surface area contributed by atoms with E-state index >= 15 is 0 Å². The van der Waals surface area contributed by atoms with Crippen LogP contribution in [0.5, 0.6) is 0 Å². The van der Waals surface area contributed by atoms with Crippen molar-refractivity contribution in [1.82, 2.24) is 0 Å². The molecule has 0 amide bonds. The molecule has 1 aliphatic carbocycles. The van der Waals surface area contributed by atoms with Gasteiger partial charge in [-0.05, 0) is 11.8 Å². The summed E-state index contributed by atoms with van der Waals surface area (Å²) in [7, 11) is 0. The number of hydrogen-bond acceptors (Lipinski definition) is 0. The monoisotopic (exact) mass is 202 g/mol. The van der Waals surface area contributed by atoms with Gasteiger partial charge in [-0.15, -0.1) is 0 Å². The zero-order valence-corrected chi connectivity index (χ0v) is 10.7. The van der Waals surface area contributed by atoms with Crippen LogP contribution in [0.15, 0.2) is 0 Å². The molecule has 14 heavy (non-hydrogen) atoms. The molecular weight excluding hydrogens is 168 g/mol. The Kier molecular flexibility index (Phi) is 21.6. The molecule has 1 rings (SSSR count). The van der Waals surface area contributed by atoms with Crippen molar-refractivity contribution in [3.05, 3.63) is 0 Å². The molecule has 1 saturated carbocycles. The quantitative estimate of drug-likeness (QED) is 0.522. The molecule has 0 N–H and O–H groups in total. The van der Waals surface area contributed by atoms with Crippen molar-refractivity contribution in [2.45, 2.75) is 81.1 Å². The van der Waals surface area contributed by atoms with Gasteiger partial charge in [0.05, 0.1) is 0 Å². The van der Waals surface area contributed by atoms with Gasteiger partial charge in [0.15, 0.2) is 0 Å². The van der Waals surface area contributed by atoms with Crippen molar-refractivity contribution in [3.63, 3.8) is 0 Å². The van der Waals surface area contributed by atoms with E-state index in [1.165, 1.54) is 32.1 Å². The van der Waals surface area contributed by atoms with Crippen LogP contribution in [0, 0.1) is 11.8 Å². The summed E-state index contributed by atoms with van der Waals surface area (Å²) in [6.45, 7) is 12.7. The Morgan fingerprint density at radius 2 is 1.36 bits per heavy atom. The van der Waals surface area contributed by atoms with Crippen molar-refractivity contribution >= 4 is 0 Å². The van der Waals surface area contributed by atoms with E-state index in [1.54, 1.807) is 0 Å². The van der Waals surface area contributed by atoms with Gasteiger partial charge in [0.25, 0.3) is 0 Å². The van der Waals surface area contributed by atoms with Crippen molar-refractivity contribution < 1.29 is 0 Å². The van der Waals surface area contributed by atoms with E-state index in [4.69, 9.17) is 0 Å². The van der Waals surface area contributed by atoms with E-state index in [0.717, 1.165) is 11.8 Å². The Hall–Kier alpha value is 0. The van der Waals surface area contributed by atoms with E-state index in [-0.39, 0.29) is 7.43 Å². The highest BCUT2D eigenvalue weighted by molar-refractivity contribution is 4.71. The lowest BCUT2D eigenvalue weighted by Crippen LogP contribution is -2.05. The summed E-state index contributed by atoms with van der Waals surface area (Å²) in [5.74, 6) is 2.07. The molecule has 0 aromatic heterocycles. The first-order valence-electron chi connectivity index (χ1n) is 6.34. The molecule has 0 saturated heterocycles. The average molecular weight is 202 g/mol. The Morgan fingerprint density at radius 1 is 1.00 bits per heavy atom. The highest BCUT2D eigenvalue weighted by atomic mass is 14.2. The van der Waals surface area contributed by atoms with E-state index in [2.05, 4.69) is 13.8 Å². The van der Waals surface area contributed by atoms with Gasteiger partial charge in [-0.3, -0.25) is 0 Å². The number of rotatable bonds is 2.